The number of benzene rings is 1. The fourth-order valence-electron chi connectivity index (χ4n) is 2.83. The Bertz CT molecular complexity index is 750. The molecule has 1 aromatic heterocycles. The first-order valence-electron chi connectivity index (χ1n) is 8.11. The van der Waals surface area contributed by atoms with Gasteiger partial charge >= 0.3 is 6.09 Å². The van der Waals surface area contributed by atoms with Gasteiger partial charge < -0.3 is 14.5 Å². The van der Waals surface area contributed by atoms with Crippen LogP contribution in [-0.4, -0.2) is 47.8 Å². The first-order valence-corrected chi connectivity index (χ1v) is 9.18. The highest BCUT2D eigenvalue weighted by Gasteiger charge is 2.26. The van der Waals surface area contributed by atoms with Crippen molar-refractivity contribution in [2.75, 3.05) is 31.1 Å². The smallest absolute Gasteiger partial charge is 0.410 e. The van der Waals surface area contributed by atoms with Gasteiger partial charge in [-0.2, -0.15) is 0 Å². The van der Waals surface area contributed by atoms with Gasteiger partial charge in [-0.3, -0.25) is 4.98 Å². The Morgan fingerprint density at radius 1 is 1.21 bits per heavy atom. The Balaban J connectivity index is 1.72. The molecule has 0 spiro atoms. The van der Waals surface area contributed by atoms with Crippen LogP contribution in [0, 0.1) is 3.57 Å². The maximum Gasteiger partial charge on any atom is 0.410 e. The number of rotatable bonds is 1. The molecule has 3 rings (SSSR count). The molecule has 0 radical (unpaired) electrons. The molecular formula is C18H22IN3O2. The molecular weight excluding hydrogens is 417 g/mol. The molecule has 1 fully saturated rings. The summed E-state index contributed by atoms with van der Waals surface area (Å²) >= 11 is 2.28. The van der Waals surface area contributed by atoms with Crippen LogP contribution in [0.4, 0.5) is 10.5 Å². The third kappa shape index (κ3) is 3.91. The Hall–Kier alpha value is -1.57. The van der Waals surface area contributed by atoms with E-state index in [1.165, 1.54) is 0 Å². The average molecular weight is 439 g/mol. The fraction of sp³-hybridized carbons (Fsp3) is 0.444. The lowest BCUT2D eigenvalue weighted by atomic mass is 10.1. The number of para-hydroxylation sites is 1. The first kappa shape index (κ1) is 17.3. The molecule has 0 aliphatic carbocycles. The molecule has 1 amide bonds. The van der Waals surface area contributed by atoms with Crippen molar-refractivity contribution in [1.29, 1.82) is 0 Å². The number of carbonyl (C=O) groups is 1. The van der Waals surface area contributed by atoms with E-state index in [1.807, 2.05) is 27.0 Å². The number of fused-ring (bicyclic) bond motifs is 1. The maximum absolute atomic E-state index is 12.2. The lowest BCUT2D eigenvalue weighted by Crippen LogP contribution is -2.50. The van der Waals surface area contributed by atoms with Crippen molar-refractivity contribution in [3.63, 3.8) is 0 Å². The van der Waals surface area contributed by atoms with Crippen LogP contribution in [0.15, 0.2) is 30.5 Å². The van der Waals surface area contributed by atoms with Gasteiger partial charge in [0.2, 0.25) is 0 Å². The number of ether oxygens (including phenoxy) is 1. The topological polar surface area (TPSA) is 45.7 Å². The summed E-state index contributed by atoms with van der Waals surface area (Å²) in [5, 5.41) is 1.15. The predicted octanol–water partition coefficient (Wildman–Crippen LogP) is 3.90. The molecule has 6 heteroatoms. The molecule has 1 aliphatic heterocycles. The molecule has 2 heterocycles. The van der Waals surface area contributed by atoms with Gasteiger partial charge in [0.05, 0.1) is 11.2 Å². The summed E-state index contributed by atoms with van der Waals surface area (Å²) < 4.78 is 6.59. The van der Waals surface area contributed by atoms with Gasteiger partial charge in [-0.15, -0.1) is 0 Å². The molecule has 5 nitrogen and oxygen atoms in total. The van der Waals surface area contributed by atoms with Gasteiger partial charge in [0.15, 0.2) is 0 Å². The van der Waals surface area contributed by atoms with Crippen molar-refractivity contribution in [1.82, 2.24) is 9.88 Å². The van der Waals surface area contributed by atoms with E-state index in [9.17, 15) is 4.79 Å². The Kier molecular flexibility index (Phi) is 4.85. The van der Waals surface area contributed by atoms with E-state index in [1.54, 1.807) is 4.90 Å². The molecule has 1 saturated heterocycles. The predicted molar refractivity (Wildman–Crippen MR) is 104 cm³/mol. The van der Waals surface area contributed by atoms with E-state index in [0.29, 0.717) is 13.1 Å². The molecule has 128 valence electrons. The number of amides is 1. The van der Waals surface area contributed by atoms with Crippen LogP contribution in [0.25, 0.3) is 10.9 Å². The van der Waals surface area contributed by atoms with E-state index >= 15 is 0 Å². The SMILES string of the molecule is CC(C)(C)OC(=O)N1CCN(c2cccc3cc(I)cnc23)CC1. The van der Waals surface area contributed by atoms with Crippen LogP contribution in [0.1, 0.15) is 20.8 Å². The molecule has 2 aromatic rings. The van der Waals surface area contributed by atoms with Gasteiger partial charge in [0, 0.05) is 41.3 Å². The van der Waals surface area contributed by atoms with E-state index in [0.717, 1.165) is 33.3 Å². The third-order valence-electron chi connectivity index (χ3n) is 3.93. The number of anilines is 1. The molecule has 0 N–H and O–H groups in total. The Labute approximate surface area is 156 Å². The zero-order chi connectivity index (χ0) is 17.3. The van der Waals surface area contributed by atoms with Crippen LogP contribution in [0.3, 0.4) is 0 Å². The summed E-state index contributed by atoms with van der Waals surface area (Å²) in [7, 11) is 0. The quantitative estimate of drug-likeness (QED) is 0.633. The standard InChI is InChI=1S/C18H22IN3O2/c1-18(2,3)24-17(23)22-9-7-21(8-10-22)15-6-4-5-13-11-14(19)12-20-16(13)15/h4-6,11-12H,7-10H2,1-3H3. The van der Waals surface area contributed by atoms with Crippen molar-refractivity contribution < 1.29 is 9.53 Å². The number of pyridine rings is 1. The van der Waals surface area contributed by atoms with Crippen molar-refractivity contribution in [3.05, 3.63) is 34.0 Å². The first-order chi connectivity index (χ1) is 11.3. The monoisotopic (exact) mass is 439 g/mol. The number of carbonyl (C=O) groups excluding carboxylic acids is 1. The van der Waals surface area contributed by atoms with Crippen LogP contribution in [-0.2, 0) is 4.74 Å². The highest BCUT2D eigenvalue weighted by atomic mass is 127. The minimum atomic E-state index is -0.453. The highest BCUT2D eigenvalue weighted by molar-refractivity contribution is 14.1. The molecule has 1 aromatic carbocycles. The second-order valence-corrected chi connectivity index (χ2v) is 8.20. The molecule has 0 saturated carbocycles. The fourth-order valence-corrected chi connectivity index (χ4v) is 3.30. The van der Waals surface area contributed by atoms with Gasteiger partial charge in [-0.1, -0.05) is 12.1 Å². The van der Waals surface area contributed by atoms with E-state index in [-0.39, 0.29) is 6.09 Å². The summed E-state index contributed by atoms with van der Waals surface area (Å²) in [4.78, 5) is 20.9. The van der Waals surface area contributed by atoms with Gasteiger partial charge in [-0.25, -0.2) is 4.79 Å². The van der Waals surface area contributed by atoms with E-state index in [4.69, 9.17) is 4.74 Å². The van der Waals surface area contributed by atoms with Crippen molar-refractivity contribution in [2.24, 2.45) is 0 Å². The minimum absolute atomic E-state index is 0.229. The van der Waals surface area contributed by atoms with Crippen LogP contribution in [0.2, 0.25) is 0 Å². The number of aromatic nitrogens is 1. The molecule has 0 bridgehead atoms. The number of hydrogen-bond donors (Lipinski definition) is 0. The van der Waals surface area contributed by atoms with Gasteiger partial charge in [0.1, 0.15) is 5.60 Å². The summed E-state index contributed by atoms with van der Waals surface area (Å²) in [6.45, 7) is 8.57. The largest absolute Gasteiger partial charge is 0.444 e. The lowest BCUT2D eigenvalue weighted by molar-refractivity contribution is 0.0241. The van der Waals surface area contributed by atoms with Crippen LogP contribution < -0.4 is 4.90 Å². The minimum Gasteiger partial charge on any atom is -0.444 e. The van der Waals surface area contributed by atoms with Crippen LogP contribution in [0.5, 0.6) is 0 Å². The molecule has 0 unspecified atom stereocenters. The van der Waals surface area contributed by atoms with E-state index < -0.39 is 5.60 Å². The average Bonchev–Trinajstić information content (AvgIpc) is 2.52. The lowest BCUT2D eigenvalue weighted by Gasteiger charge is -2.37. The molecule has 0 atom stereocenters. The number of nitrogens with zero attached hydrogens (tertiary/aromatic N) is 3. The zero-order valence-electron chi connectivity index (χ0n) is 14.3. The van der Waals surface area contributed by atoms with Gasteiger partial charge in [0.25, 0.3) is 0 Å². The van der Waals surface area contributed by atoms with Crippen molar-refractivity contribution >= 4 is 45.3 Å². The van der Waals surface area contributed by atoms with Crippen LogP contribution >= 0.6 is 22.6 Å². The summed E-state index contributed by atoms with van der Waals surface area (Å²) in [6.07, 6.45) is 1.66. The zero-order valence-corrected chi connectivity index (χ0v) is 16.4. The highest BCUT2D eigenvalue weighted by Crippen LogP contribution is 2.27. The number of piperazine rings is 1. The summed E-state index contributed by atoms with van der Waals surface area (Å²) in [5.74, 6) is 0. The normalized spacial score (nSPS) is 15.7. The van der Waals surface area contributed by atoms with Gasteiger partial charge in [-0.05, 0) is 55.5 Å². The summed E-state index contributed by atoms with van der Waals surface area (Å²) in [5.41, 5.74) is 1.70. The Morgan fingerprint density at radius 3 is 2.58 bits per heavy atom. The summed E-state index contributed by atoms with van der Waals surface area (Å²) in [6, 6.07) is 8.40. The Morgan fingerprint density at radius 2 is 1.92 bits per heavy atom. The second kappa shape index (κ2) is 6.74. The third-order valence-corrected chi connectivity index (χ3v) is 4.52. The van der Waals surface area contributed by atoms with Crippen molar-refractivity contribution in [3.8, 4) is 0 Å². The van der Waals surface area contributed by atoms with Crippen molar-refractivity contribution in [2.45, 2.75) is 26.4 Å². The molecule has 1 aliphatic rings. The molecule has 24 heavy (non-hydrogen) atoms. The second-order valence-electron chi connectivity index (χ2n) is 6.96. The number of halogens is 1. The maximum atomic E-state index is 12.2. The number of hydrogen-bond acceptors (Lipinski definition) is 4. The van der Waals surface area contributed by atoms with E-state index in [2.05, 4.69) is 56.7 Å².